The molecule has 17 heavy (non-hydrogen) atoms. The average Bonchev–Trinajstić information content (AvgIpc) is 2.69. The van der Waals surface area contributed by atoms with Crippen molar-refractivity contribution < 1.29 is 13.9 Å². The van der Waals surface area contributed by atoms with E-state index in [4.69, 9.17) is 20.8 Å². The molecule has 90 valence electrons. The van der Waals surface area contributed by atoms with Gasteiger partial charge in [0.2, 0.25) is 5.76 Å². The third kappa shape index (κ3) is 2.19. The number of hydrogen-bond acceptors (Lipinski definition) is 3. The molecule has 0 aliphatic rings. The topological polar surface area (TPSA) is 39.4 Å². The number of fused-ring (bicyclic) bond motifs is 1. The summed E-state index contributed by atoms with van der Waals surface area (Å²) in [7, 11) is 0. The largest absolute Gasteiger partial charge is 0.460 e. The lowest BCUT2D eigenvalue weighted by molar-refractivity contribution is 0.0491. The van der Waals surface area contributed by atoms with Crippen molar-refractivity contribution in [2.75, 3.05) is 6.61 Å². The highest BCUT2D eigenvalue weighted by atomic mass is 79.9. The maximum Gasteiger partial charge on any atom is 0.374 e. The molecule has 2 aromatic rings. The van der Waals surface area contributed by atoms with E-state index < -0.39 is 5.97 Å². The lowest BCUT2D eigenvalue weighted by Crippen LogP contribution is -2.05. The Balaban J connectivity index is 2.63. The van der Waals surface area contributed by atoms with E-state index in [-0.39, 0.29) is 5.76 Å². The summed E-state index contributed by atoms with van der Waals surface area (Å²) in [6.45, 7) is 2.06. The second kappa shape index (κ2) is 5.10. The van der Waals surface area contributed by atoms with Gasteiger partial charge in [0.05, 0.1) is 11.6 Å². The molecule has 0 amide bonds. The lowest BCUT2D eigenvalue weighted by atomic mass is 10.1. The molecule has 0 N–H and O–H groups in total. The molecule has 0 unspecified atom stereocenters. The van der Waals surface area contributed by atoms with Crippen LogP contribution in [0, 0.1) is 0 Å². The molecule has 0 fully saturated rings. The molecule has 0 saturated carbocycles. The smallest absolute Gasteiger partial charge is 0.374 e. The van der Waals surface area contributed by atoms with Crippen molar-refractivity contribution in [3.63, 3.8) is 0 Å². The lowest BCUT2D eigenvalue weighted by Gasteiger charge is -1.99. The van der Waals surface area contributed by atoms with Crippen molar-refractivity contribution in [2.45, 2.75) is 12.3 Å². The predicted molar refractivity (Wildman–Crippen MR) is 69.8 cm³/mol. The fraction of sp³-hybridized carbons (Fsp3) is 0.250. The van der Waals surface area contributed by atoms with Gasteiger partial charge in [-0.25, -0.2) is 4.79 Å². The van der Waals surface area contributed by atoms with Crippen molar-refractivity contribution in [1.29, 1.82) is 0 Å². The first kappa shape index (κ1) is 12.5. The van der Waals surface area contributed by atoms with Crippen LogP contribution in [0.5, 0.6) is 0 Å². The normalized spacial score (nSPS) is 10.8. The number of benzene rings is 1. The SMILES string of the molecule is CCOC(=O)c1oc2c(Cl)cccc2c1CBr. The minimum Gasteiger partial charge on any atom is -0.460 e. The van der Waals surface area contributed by atoms with Crippen molar-refractivity contribution in [3.8, 4) is 0 Å². The highest BCUT2D eigenvalue weighted by Gasteiger charge is 2.21. The van der Waals surface area contributed by atoms with Gasteiger partial charge in [0, 0.05) is 16.3 Å². The van der Waals surface area contributed by atoms with Gasteiger partial charge in [0.25, 0.3) is 0 Å². The summed E-state index contributed by atoms with van der Waals surface area (Å²) in [5.41, 5.74) is 1.28. The minimum absolute atomic E-state index is 0.215. The van der Waals surface area contributed by atoms with Crippen molar-refractivity contribution in [1.82, 2.24) is 0 Å². The zero-order valence-electron chi connectivity index (χ0n) is 9.13. The first-order chi connectivity index (χ1) is 8.19. The van der Waals surface area contributed by atoms with Crippen LogP contribution in [0.2, 0.25) is 5.02 Å². The van der Waals surface area contributed by atoms with Crippen molar-refractivity contribution >= 4 is 44.5 Å². The van der Waals surface area contributed by atoms with E-state index in [1.165, 1.54) is 0 Å². The third-order valence-electron chi connectivity index (χ3n) is 2.36. The summed E-state index contributed by atoms with van der Waals surface area (Å²) in [6, 6.07) is 5.41. The van der Waals surface area contributed by atoms with Gasteiger partial charge >= 0.3 is 5.97 Å². The van der Waals surface area contributed by atoms with Crippen LogP contribution in [0.4, 0.5) is 0 Å². The van der Waals surface area contributed by atoms with Crippen LogP contribution >= 0.6 is 27.5 Å². The molecule has 0 bridgehead atoms. The maximum absolute atomic E-state index is 11.7. The van der Waals surface area contributed by atoms with Crippen LogP contribution in [-0.4, -0.2) is 12.6 Å². The predicted octanol–water partition coefficient (Wildman–Crippen LogP) is 4.16. The van der Waals surface area contributed by atoms with Gasteiger partial charge in [0.15, 0.2) is 5.58 Å². The van der Waals surface area contributed by atoms with E-state index >= 15 is 0 Å². The molecule has 0 atom stereocenters. The summed E-state index contributed by atoms with van der Waals surface area (Å²) in [4.78, 5) is 11.7. The molecule has 0 radical (unpaired) electrons. The second-order valence-corrected chi connectivity index (χ2v) is 4.35. The Morgan fingerprint density at radius 3 is 2.94 bits per heavy atom. The van der Waals surface area contributed by atoms with Crippen LogP contribution in [0.1, 0.15) is 23.0 Å². The van der Waals surface area contributed by atoms with Gasteiger partial charge < -0.3 is 9.15 Å². The summed E-state index contributed by atoms with van der Waals surface area (Å²) in [5, 5.41) is 1.83. The van der Waals surface area contributed by atoms with Crippen LogP contribution in [0.25, 0.3) is 11.0 Å². The maximum atomic E-state index is 11.7. The van der Waals surface area contributed by atoms with E-state index in [0.29, 0.717) is 22.5 Å². The number of hydrogen-bond donors (Lipinski definition) is 0. The zero-order chi connectivity index (χ0) is 12.4. The molecule has 1 heterocycles. The monoisotopic (exact) mass is 316 g/mol. The summed E-state index contributed by atoms with van der Waals surface area (Å²) < 4.78 is 10.4. The van der Waals surface area contributed by atoms with E-state index in [1.807, 2.05) is 12.1 Å². The Morgan fingerprint density at radius 1 is 1.53 bits per heavy atom. The van der Waals surface area contributed by atoms with Gasteiger partial charge in [-0.15, -0.1) is 0 Å². The summed E-state index contributed by atoms with van der Waals surface area (Å²) in [6.07, 6.45) is 0. The number of rotatable bonds is 3. The number of carbonyl (C=O) groups is 1. The van der Waals surface area contributed by atoms with E-state index in [0.717, 1.165) is 10.9 Å². The molecule has 3 nitrogen and oxygen atoms in total. The van der Waals surface area contributed by atoms with E-state index in [2.05, 4.69) is 15.9 Å². The number of carbonyl (C=O) groups excluding carboxylic acids is 1. The Hall–Kier alpha value is -1.00. The molecule has 2 rings (SSSR count). The van der Waals surface area contributed by atoms with E-state index in [1.54, 1.807) is 13.0 Å². The standard InChI is InChI=1S/C12H10BrClO3/c1-2-16-12(15)11-8(6-13)7-4-3-5-9(14)10(7)17-11/h3-5H,2,6H2,1H3. The number of alkyl halides is 1. The first-order valence-corrected chi connectivity index (χ1v) is 6.62. The Labute approximate surface area is 112 Å². The van der Waals surface area contributed by atoms with Gasteiger partial charge in [-0.2, -0.15) is 0 Å². The highest BCUT2D eigenvalue weighted by Crippen LogP contribution is 2.32. The number of halogens is 2. The zero-order valence-corrected chi connectivity index (χ0v) is 11.5. The van der Waals surface area contributed by atoms with Gasteiger partial charge in [-0.1, -0.05) is 39.7 Å². The molecule has 0 saturated heterocycles. The molecule has 1 aromatic carbocycles. The molecule has 0 spiro atoms. The van der Waals surface area contributed by atoms with Gasteiger partial charge in [-0.05, 0) is 13.0 Å². The van der Waals surface area contributed by atoms with Crippen LogP contribution in [0.15, 0.2) is 22.6 Å². The molecular weight excluding hydrogens is 307 g/mol. The number of para-hydroxylation sites is 1. The summed E-state index contributed by atoms with van der Waals surface area (Å²) in [5.74, 6) is -0.249. The Kier molecular flexibility index (Phi) is 3.74. The van der Waals surface area contributed by atoms with Crippen molar-refractivity contribution in [2.24, 2.45) is 0 Å². The Morgan fingerprint density at radius 2 is 2.29 bits per heavy atom. The van der Waals surface area contributed by atoms with Crippen LogP contribution in [-0.2, 0) is 10.1 Å². The van der Waals surface area contributed by atoms with Crippen LogP contribution in [0.3, 0.4) is 0 Å². The quantitative estimate of drug-likeness (QED) is 0.630. The molecule has 0 aliphatic carbocycles. The van der Waals surface area contributed by atoms with Gasteiger partial charge in [0.1, 0.15) is 0 Å². The van der Waals surface area contributed by atoms with Crippen molar-refractivity contribution in [3.05, 3.63) is 34.5 Å². The fourth-order valence-electron chi connectivity index (χ4n) is 1.63. The van der Waals surface area contributed by atoms with Gasteiger partial charge in [-0.3, -0.25) is 0 Å². The molecule has 5 heteroatoms. The fourth-order valence-corrected chi connectivity index (χ4v) is 2.40. The molecule has 0 aliphatic heterocycles. The first-order valence-electron chi connectivity index (χ1n) is 5.12. The van der Waals surface area contributed by atoms with E-state index in [9.17, 15) is 4.79 Å². The number of furan rings is 1. The Bertz CT molecular complexity index is 562. The van der Waals surface area contributed by atoms with Crippen LogP contribution < -0.4 is 0 Å². The highest BCUT2D eigenvalue weighted by molar-refractivity contribution is 9.08. The second-order valence-electron chi connectivity index (χ2n) is 3.38. The molecular formula is C12H10BrClO3. The number of esters is 1. The summed E-state index contributed by atoms with van der Waals surface area (Å²) >= 11 is 9.36. The number of ether oxygens (including phenoxy) is 1. The third-order valence-corrected chi connectivity index (χ3v) is 3.22. The minimum atomic E-state index is -0.464. The average molecular weight is 318 g/mol. The molecule has 1 aromatic heterocycles.